The summed E-state index contributed by atoms with van der Waals surface area (Å²) in [6, 6.07) is 16.8. The van der Waals surface area contributed by atoms with Crippen molar-refractivity contribution in [1.82, 2.24) is 5.32 Å². The summed E-state index contributed by atoms with van der Waals surface area (Å²) in [7, 11) is 0. The van der Waals surface area contributed by atoms with Crippen molar-refractivity contribution >= 4 is 28.3 Å². The van der Waals surface area contributed by atoms with Crippen molar-refractivity contribution in [1.29, 1.82) is 0 Å². The molecule has 0 amide bonds. The van der Waals surface area contributed by atoms with Crippen LogP contribution in [0.25, 0.3) is 0 Å². The van der Waals surface area contributed by atoms with E-state index in [0.29, 0.717) is 6.61 Å². The van der Waals surface area contributed by atoms with Crippen molar-refractivity contribution in [3.8, 4) is 5.75 Å². The van der Waals surface area contributed by atoms with E-state index in [4.69, 9.17) is 4.74 Å². The minimum atomic E-state index is 0.615. The molecule has 0 radical (unpaired) electrons. The average molecular weight is 394 g/mol. The van der Waals surface area contributed by atoms with E-state index < -0.39 is 0 Å². The van der Waals surface area contributed by atoms with Gasteiger partial charge < -0.3 is 15.0 Å². The molecule has 1 aliphatic heterocycles. The van der Waals surface area contributed by atoms with Gasteiger partial charge in [-0.15, -0.1) is 0 Å². The van der Waals surface area contributed by atoms with E-state index in [1.54, 1.807) is 0 Å². The van der Waals surface area contributed by atoms with Crippen LogP contribution in [0.5, 0.6) is 5.75 Å². The highest BCUT2D eigenvalue weighted by molar-refractivity contribution is 14.1. The molecule has 21 heavy (non-hydrogen) atoms. The zero-order valence-corrected chi connectivity index (χ0v) is 14.0. The molecule has 1 fully saturated rings. The zero-order valence-electron chi connectivity index (χ0n) is 11.9. The second-order valence-electron chi connectivity index (χ2n) is 5.15. The molecule has 0 spiro atoms. The summed E-state index contributed by atoms with van der Waals surface area (Å²) in [5.74, 6) is 0.924. The van der Waals surface area contributed by atoms with Crippen LogP contribution in [0, 0.1) is 3.57 Å². The third-order valence-corrected chi connectivity index (χ3v) is 4.36. The summed E-state index contributed by atoms with van der Waals surface area (Å²) in [5.41, 5.74) is 2.47. The molecule has 0 aromatic heterocycles. The quantitative estimate of drug-likeness (QED) is 0.806. The van der Waals surface area contributed by atoms with E-state index in [2.05, 4.69) is 81.3 Å². The number of hydrogen-bond donors (Lipinski definition) is 1. The minimum absolute atomic E-state index is 0.615. The largest absolute Gasteiger partial charge is 0.489 e. The molecule has 3 rings (SSSR count). The van der Waals surface area contributed by atoms with Gasteiger partial charge in [0, 0.05) is 35.4 Å². The van der Waals surface area contributed by atoms with E-state index in [-0.39, 0.29) is 0 Å². The number of rotatable bonds is 4. The molecule has 2 aromatic rings. The lowest BCUT2D eigenvalue weighted by Gasteiger charge is -2.29. The van der Waals surface area contributed by atoms with Crippen molar-refractivity contribution in [3.63, 3.8) is 0 Å². The topological polar surface area (TPSA) is 24.5 Å². The standard InChI is InChI=1S/C17H19IN2O/c18-15-3-1-14(2-4-15)13-21-17-7-5-16(6-8-17)20-11-9-19-10-12-20/h1-8,19H,9-13H2. The molecule has 0 aliphatic carbocycles. The maximum Gasteiger partial charge on any atom is 0.119 e. The summed E-state index contributed by atoms with van der Waals surface area (Å²) < 4.78 is 7.09. The molecule has 1 heterocycles. The van der Waals surface area contributed by atoms with E-state index in [9.17, 15) is 0 Å². The molecule has 1 N–H and O–H groups in total. The molecule has 0 atom stereocenters. The van der Waals surface area contributed by atoms with Crippen LogP contribution in [0.4, 0.5) is 5.69 Å². The summed E-state index contributed by atoms with van der Waals surface area (Å²) in [5, 5.41) is 3.37. The predicted molar refractivity (Wildman–Crippen MR) is 95.0 cm³/mol. The maximum absolute atomic E-state index is 5.84. The highest BCUT2D eigenvalue weighted by atomic mass is 127. The predicted octanol–water partition coefficient (Wildman–Crippen LogP) is 3.28. The number of ether oxygens (including phenoxy) is 1. The zero-order chi connectivity index (χ0) is 14.5. The van der Waals surface area contributed by atoms with Crippen molar-refractivity contribution in [2.24, 2.45) is 0 Å². The number of halogens is 1. The fourth-order valence-corrected chi connectivity index (χ4v) is 2.78. The number of piperazine rings is 1. The Morgan fingerprint density at radius 1 is 0.952 bits per heavy atom. The van der Waals surface area contributed by atoms with E-state index in [0.717, 1.165) is 31.9 Å². The molecule has 3 nitrogen and oxygen atoms in total. The monoisotopic (exact) mass is 394 g/mol. The first-order chi connectivity index (χ1) is 10.3. The summed E-state index contributed by atoms with van der Waals surface area (Å²) in [6.45, 7) is 4.88. The van der Waals surface area contributed by atoms with Gasteiger partial charge in [0.25, 0.3) is 0 Å². The number of anilines is 1. The normalized spacial score (nSPS) is 15.0. The van der Waals surface area contributed by atoms with Crippen LogP contribution in [0.1, 0.15) is 5.56 Å². The fourth-order valence-electron chi connectivity index (χ4n) is 2.42. The van der Waals surface area contributed by atoms with Crippen LogP contribution < -0.4 is 15.0 Å². The Bertz CT molecular complexity index is 562. The van der Waals surface area contributed by atoms with Crippen molar-refractivity contribution < 1.29 is 4.74 Å². The van der Waals surface area contributed by atoms with Gasteiger partial charge in [-0.3, -0.25) is 0 Å². The fraction of sp³-hybridized carbons (Fsp3) is 0.294. The van der Waals surface area contributed by atoms with Crippen LogP contribution in [0.2, 0.25) is 0 Å². The second-order valence-corrected chi connectivity index (χ2v) is 6.39. The second kappa shape index (κ2) is 7.13. The Morgan fingerprint density at radius 2 is 1.62 bits per heavy atom. The van der Waals surface area contributed by atoms with Gasteiger partial charge in [-0.2, -0.15) is 0 Å². The summed E-state index contributed by atoms with van der Waals surface area (Å²) >= 11 is 2.31. The number of hydrogen-bond acceptors (Lipinski definition) is 3. The highest BCUT2D eigenvalue weighted by Gasteiger charge is 2.09. The van der Waals surface area contributed by atoms with Crippen molar-refractivity contribution in [2.75, 3.05) is 31.1 Å². The highest BCUT2D eigenvalue weighted by Crippen LogP contribution is 2.20. The van der Waals surface area contributed by atoms with Crippen molar-refractivity contribution in [3.05, 3.63) is 57.7 Å². The third-order valence-electron chi connectivity index (χ3n) is 3.64. The van der Waals surface area contributed by atoms with Crippen LogP contribution >= 0.6 is 22.6 Å². The van der Waals surface area contributed by atoms with Gasteiger partial charge in [-0.25, -0.2) is 0 Å². The molecule has 1 aliphatic rings. The molecule has 2 aromatic carbocycles. The molecular weight excluding hydrogens is 375 g/mol. The van der Waals surface area contributed by atoms with E-state index >= 15 is 0 Å². The van der Waals surface area contributed by atoms with Gasteiger partial charge in [0.15, 0.2) is 0 Å². The van der Waals surface area contributed by atoms with Gasteiger partial charge in [-0.05, 0) is 64.6 Å². The maximum atomic E-state index is 5.84. The van der Waals surface area contributed by atoms with Gasteiger partial charge in [-0.1, -0.05) is 12.1 Å². The minimum Gasteiger partial charge on any atom is -0.489 e. The smallest absolute Gasteiger partial charge is 0.119 e. The Labute approximate surface area is 139 Å². The lowest BCUT2D eigenvalue weighted by molar-refractivity contribution is 0.306. The molecule has 0 unspecified atom stereocenters. The van der Waals surface area contributed by atoms with Crippen LogP contribution in [0.15, 0.2) is 48.5 Å². The first-order valence-electron chi connectivity index (χ1n) is 7.24. The number of nitrogens with zero attached hydrogens (tertiary/aromatic N) is 1. The van der Waals surface area contributed by atoms with Crippen molar-refractivity contribution in [2.45, 2.75) is 6.61 Å². The molecule has 4 heteroatoms. The Hall–Kier alpha value is -1.27. The van der Waals surface area contributed by atoms with Gasteiger partial charge in [0.2, 0.25) is 0 Å². The van der Waals surface area contributed by atoms with E-state index in [1.807, 2.05) is 0 Å². The van der Waals surface area contributed by atoms with Crippen LogP contribution in [0.3, 0.4) is 0 Å². The summed E-state index contributed by atoms with van der Waals surface area (Å²) in [4.78, 5) is 2.40. The molecule has 0 saturated carbocycles. The molecule has 1 saturated heterocycles. The third kappa shape index (κ3) is 4.11. The Balaban J connectivity index is 1.57. The first-order valence-corrected chi connectivity index (χ1v) is 8.32. The molecule has 0 bridgehead atoms. The van der Waals surface area contributed by atoms with Crippen LogP contribution in [-0.2, 0) is 6.61 Å². The Morgan fingerprint density at radius 3 is 2.29 bits per heavy atom. The van der Waals surface area contributed by atoms with Crippen LogP contribution in [-0.4, -0.2) is 26.2 Å². The number of nitrogens with one attached hydrogen (secondary N) is 1. The molecular formula is C17H19IN2O. The average Bonchev–Trinajstić information content (AvgIpc) is 2.56. The summed E-state index contributed by atoms with van der Waals surface area (Å²) in [6.07, 6.45) is 0. The molecule has 110 valence electrons. The van der Waals surface area contributed by atoms with E-state index in [1.165, 1.54) is 14.8 Å². The number of benzene rings is 2. The van der Waals surface area contributed by atoms with Gasteiger partial charge in [0.05, 0.1) is 0 Å². The SMILES string of the molecule is Ic1ccc(COc2ccc(N3CCNCC3)cc2)cc1. The van der Waals surface area contributed by atoms with Gasteiger partial charge in [0.1, 0.15) is 12.4 Å². The lowest BCUT2D eigenvalue weighted by atomic mass is 10.2. The first kappa shape index (κ1) is 14.7. The lowest BCUT2D eigenvalue weighted by Crippen LogP contribution is -2.43. The Kier molecular flexibility index (Phi) is 4.98. The van der Waals surface area contributed by atoms with Gasteiger partial charge >= 0.3 is 0 Å².